The van der Waals surface area contributed by atoms with E-state index in [2.05, 4.69) is 23.5 Å². The third kappa shape index (κ3) is 2.37. The molecule has 1 aromatic rings. The van der Waals surface area contributed by atoms with Gasteiger partial charge in [0, 0.05) is 16.8 Å². The van der Waals surface area contributed by atoms with Crippen LogP contribution in [-0.2, 0) is 6.42 Å². The molecule has 1 heterocycles. The first-order valence-electron chi connectivity index (χ1n) is 6.00. The molecule has 0 spiro atoms. The number of fused-ring (bicyclic) bond motifs is 1. The Balaban J connectivity index is 2.12. The van der Waals surface area contributed by atoms with E-state index >= 15 is 0 Å². The van der Waals surface area contributed by atoms with Crippen LogP contribution in [0.4, 0.5) is 0 Å². The predicted molar refractivity (Wildman–Crippen MR) is 70.5 cm³/mol. The average Bonchev–Trinajstić information content (AvgIpc) is 2.78. The Bertz CT molecular complexity index is 345. The zero-order chi connectivity index (χ0) is 11.4. The van der Waals surface area contributed by atoms with Gasteiger partial charge in [0.1, 0.15) is 0 Å². The van der Waals surface area contributed by atoms with Crippen molar-refractivity contribution in [3.05, 3.63) is 34.5 Å². The van der Waals surface area contributed by atoms with Crippen LogP contribution in [0.25, 0.3) is 0 Å². The molecule has 0 saturated heterocycles. The number of thiophene rings is 1. The van der Waals surface area contributed by atoms with Crippen LogP contribution in [0.3, 0.4) is 0 Å². The lowest BCUT2D eigenvalue weighted by Crippen LogP contribution is -2.40. The van der Waals surface area contributed by atoms with Crippen molar-refractivity contribution in [2.24, 2.45) is 5.84 Å². The highest BCUT2D eigenvalue weighted by Crippen LogP contribution is 2.37. The maximum atomic E-state index is 5.69. The van der Waals surface area contributed by atoms with E-state index in [0.29, 0.717) is 12.0 Å². The van der Waals surface area contributed by atoms with E-state index in [0.717, 1.165) is 12.8 Å². The number of allylic oxidation sites excluding steroid dienone is 1. The molecule has 1 aliphatic rings. The van der Waals surface area contributed by atoms with Crippen LogP contribution >= 0.6 is 11.3 Å². The van der Waals surface area contributed by atoms with Gasteiger partial charge >= 0.3 is 0 Å². The van der Waals surface area contributed by atoms with Crippen molar-refractivity contribution in [2.45, 2.75) is 44.1 Å². The van der Waals surface area contributed by atoms with Crippen LogP contribution in [0.15, 0.2) is 24.1 Å². The molecule has 88 valence electrons. The van der Waals surface area contributed by atoms with E-state index in [-0.39, 0.29) is 0 Å². The molecule has 1 aliphatic carbocycles. The van der Waals surface area contributed by atoms with Crippen molar-refractivity contribution >= 4 is 11.3 Å². The van der Waals surface area contributed by atoms with Crippen LogP contribution < -0.4 is 11.3 Å². The van der Waals surface area contributed by atoms with Gasteiger partial charge in [-0.05, 0) is 49.1 Å². The Morgan fingerprint density at radius 1 is 1.69 bits per heavy atom. The van der Waals surface area contributed by atoms with E-state index < -0.39 is 0 Å². The zero-order valence-corrected chi connectivity index (χ0v) is 10.4. The van der Waals surface area contributed by atoms with Gasteiger partial charge < -0.3 is 0 Å². The minimum atomic E-state index is 0.395. The zero-order valence-electron chi connectivity index (χ0n) is 9.61. The van der Waals surface area contributed by atoms with E-state index in [1.807, 2.05) is 17.4 Å². The Morgan fingerprint density at radius 3 is 3.31 bits per heavy atom. The number of hydrogen-bond acceptors (Lipinski definition) is 3. The quantitative estimate of drug-likeness (QED) is 0.468. The fraction of sp³-hybridized carbons (Fsp3) is 0.538. The predicted octanol–water partition coefficient (Wildman–Crippen LogP) is 2.97. The normalized spacial score (nSPS) is 21.4. The number of rotatable bonds is 5. The summed E-state index contributed by atoms with van der Waals surface area (Å²) in [6.45, 7) is 3.78. The Kier molecular flexibility index (Phi) is 4.16. The van der Waals surface area contributed by atoms with Crippen LogP contribution in [0.1, 0.15) is 42.0 Å². The fourth-order valence-corrected chi connectivity index (χ4v) is 3.63. The first-order valence-corrected chi connectivity index (χ1v) is 6.88. The SMILES string of the molecule is C=CCCC(NN)C1CCCc2sccc21. The number of nitrogens with two attached hydrogens (primary N) is 1. The van der Waals surface area contributed by atoms with E-state index in [4.69, 9.17) is 5.84 Å². The first kappa shape index (κ1) is 11.8. The molecule has 0 bridgehead atoms. The molecule has 0 aliphatic heterocycles. The van der Waals surface area contributed by atoms with E-state index in [1.54, 1.807) is 4.88 Å². The third-order valence-corrected chi connectivity index (χ3v) is 4.48. The lowest BCUT2D eigenvalue weighted by Gasteiger charge is -2.30. The van der Waals surface area contributed by atoms with Gasteiger partial charge in [0.25, 0.3) is 0 Å². The number of nitrogens with one attached hydrogen (secondary N) is 1. The van der Waals surface area contributed by atoms with Crippen LogP contribution in [0.2, 0.25) is 0 Å². The smallest absolute Gasteiger partial charge is 0.0282 e. The molecule has 2 atom stereocenters. The molecule has 2 rings (SSSR count). The Hall–Kier alpha value is -0.640. The lowest BCUT2D eigenvalue weighted by molar-refractivity contribution is 0.382. The largest absolute Gasteiger partial charge is 0.271 e. The van der Waals surface area contributed by atoms with Gasteiger partial charge in [0.05, 0.1) is 0 Å². The molecule has 0 amide bonds. The van der Waals surface area contributed by atoms with Gasteiger partial charge in [0.2, 0.25) is 0 Å². The third-order valence-electron chi connectivity index (χ3n) is 3.48. The summed E-state index contributed by atoms with van der Waals surface area (Å²) in [6.07, 6.45) is 7.90. The monoisotopic (exact) mass is 236 g/mol. The molecular weight excluding hydrogens is 216 g/mol. The summed E-state index contributed by atoms with van der Waals surface area (Å²) in [5.41, 5.74) is 4.52. The van der Waals surface area contributed by atoms with Crippen LogP contribution in [0.5, 0.6) is 0 Å². The highest BCUT2D eigenvalue weighted by molar-refractivity contribution is 7.10. The van der Waals surface area contributed by atoms with Gasteiger partial charge in [-0.2, -0.15) is 0 Å². The molecule has 2 nitrogen and oxygen atoms in total. The van der Waals surface area contributed by atoms with Crippen molar-refractivity contribution in [3.8, 4) is 0 Å². The van der Waals surface area contributed by atoms with Gasteiger partial charge in [0.15, 0.2) is 0 Å². The second-order valence-corrected chi connectivity index (χ2v) is 5.44. The highest BCUT2D eigenvalue weighted by Gasteiger charge is 2.27. The van der Waals surface area contributed by atoms with Crippen LogP contribution in [-0.4, -0.2) is 6.04 Å². The van der Waals surface area contributed by atoms with Crippen molar-refractivity contribution in [2.75, 3.05) is 0 Å². The molecule has 0 radical (unpaired) electrons. The first-order chi connectivity index (χ1) is 7.86. The summed E-state index contributed by atoms with van der Waals surface area (Å²) in [4.78, 5) is 1.56. The van der Waals surface area contributed by atoms with Gasteiger partial charge in [-0.15, -0.1) is 17.9 Å². The molecular formula is C13H20N2S. The topological polar surface area (TPSA) is 38.0 Å². The van der Waals surface area contributed by atoms with E-state index in [9.17, 15) is 0 Å². The second kappa shape index (κ2) is 5.62. The van der Waals surface area contributed by atoms with Crippen molar-refractivity contribution < 1.29 is 0 Å². The lowest BCUT2D eigenvalue weighted by atomic mass is 9.81. The summed E-state index contributed by atoms with van der Waals surface area (Å²) in [6, 6.07) is 2.67. The van der Waals surface area contributed by atoms with Crippen LogP contribution in [0, 0.1) is 0 Å². The molecule has 0 aromatic carbocycles. The number of aryl methyl sites for hydroxylation is 1. The van der Waals surface area contributed by atoms with E-state index in [1.165, 1.54) is 24.8 Å². The van der Waals surface area contributed by atoms with Crippen molar-refractivity contribution in [3.63, 3.8) is 0 Å². The Labute approximate surface area is 102 Å². The summed E-state index contributed by atoms with van der Waals surface area (Å²) < 4.78 is 0. The molecule has 0 fully saturated rings. The Morgan fingerprint density at radius 2 is 2.56 bits per heavy atom. The minimum absolute atomic E-state index is 0.395. The summed E-state index contributed by atoms with van der Waals surface area (Å²) in [5, 5.41) is 2.21. The molecule has 3 heteroatoms. The van der Waals surface area contributed by atoms with Gasteiger partial charge in [-0.25, -0.2) is 0 Å². The molecule has 1 aromatic heterocycles. The van der Waals surface area contributed by atoms with Crippen molar-refractivity contribution in [1.29, 1.82) is 0 Å². The highest BCUT2D eigenvalue weighted by atomic mass is 32.1. The molecule has 3 N–H and O–H groups in total. The molecule has 0 saturated carbocycles. The molecule has 2 unspecified atom stereocenters. The summed E-state index contributed by atoms with van der Waals surface area (Å²) in [5.74, 6) is 6.29. The minimum Gasteiger partial charge on any atom is -0.271 e. The maximum absolute atomic E-state index is 5.69. The molecule has 16 heavy (non-hydrogen) atoms. The summed E-state index contributed by atoms with van der Waals surface area (Å²) >= 11 is 1.89. The van der Waals surface area contributed by atoms with Crippen molar-refractivity contribution in [1.82, 2.24) is 5.43 Å². The maximum Gasteiger partial charge on any atom is 0.0282 e. The number of hydrogen-bond donors (Lipinski definition) is 2. The van der Waals surface area contributed by atoms with Gasteiger partial charge in [-0.3, -0.25) is 11.3 Å². The summed E-state index contributed by atoms with van der Waals surface area (Å²) in [7, 11) is 0. The number of hydrazine groups is 1. The standard InChI is InChI=1S/C13H20N2S/c1-2-3-6-12(15-14)10-5-4-7-13-11(10)8-9-16-13/h2,8-10,12,15H,1,3-7,14H2. The fourth-order valence-electron chi connectivity index (χ4n) is 2.64. The second-order valence-electron chi connectivity index (χ2n) is 4.44. The van der Waals surface area contributed by atoms with Gasteiger partial charge in [-0.1, -0.05) is 6.08 Å². The average molecular weight is 236 g/mol.